The van der Waals surface area contributed by atoms with Gasteiger partial charge < -0.3 is 14.2 Å². The van der Waals surface area contributed by atoms with E-state index in [4.69, 9.17) is 25.8 Å². The van der Waals surface area contributed by atoms with E-state index in [0.29, 0.717) is 50.3 Å². The predicted molar refractivity (Wildman–Crippen MR) is 178 cm³/mol. The summed E-state index contributed by atoms with van der Waals surface area (Å²) in [5, 5.41) is 0.667. The number of ether oxygens (including phenoxy) is 3. The molecular formula is C33H30ClIN2O5S. The second kappa shape index (κ2) is 13.5. The molecule has 0 aliphatic carbocycles. The lowest BCUT2D eigenvalue weighted by atomic mass is 9.95. The molecule has 0 N–H and O–H groups in total. The van der Waals surface area contributed by atoms with Gasteiger partial charge in [-0.05, 0) is 97.3 Å². The summed E-state index contributed by atoms with van der Waals surface area (Å²) in [6, 6.07) is 18.5. The Morgan fingerprint density at radius 2 is 1.77 bits per heavy atom. The van der Waals surface area contributed by atoms with Crippen LogP contribution in [0.1, 0.15) is 49.1 Å². The summed E-state index contributed by atoms with van der Waals surface area (Å²) >= 11 is 9.52. The maximum Gasteiger partial charge on any atom is 0.338 e. The van der Waals surface area contributed by atoms with E-state index in [1.165, 1.54) is 11.3 Å². The van der Waals surface area contributed by atoms with Gasteiger partial charge in [0, 0.05) is 5.02 Å². The van der Waals surface area contributed by atoms with Gasteiger partial charge in [-0.1, -0.05) is 64.9 Å². The predicted octanol–water partition coefficient (Wildman–Crippen LogP) is 6.34. The van der Waals surface area contributed by atoms with Crippen molar-refractivity contribution in [3.63, 3.8) is 0 Å². The van der Waals surface area contributed by atoms with Gasteiger partial charge in [0.15, 0.2) is 16.3 Å². The van der Waals surface area contributed by atoms with Crippen LogP contribution < -0.4 is 24.4 Å². The molecule has 0 unspecified atom stereocenters. The van der Waals surface area contributed by atoms with Crippen molar-refractivity contribution in [3.8, 4) is 11.5 Å². The number of rotatable bonds is 9. The number of thiazole rings is 1. The lowest BCUT2D eigenvalue weighted by Crippen LogP contribution is -2.39. The van der Waals surface area contributed by atoms with Crippen LogP contribution in [0.15, 0.2) is 81.7 Å². The molecule has 1 aliphatic heterocycles. The van der Waals surface area contributed by atoms with Gasteiger partial charge in [0.05, 0.1) is 38.6 Å². The third-order valence-corrected chi connectivity index (χ3v) is 8.87. The minimum Gasteiger partial charge on any atom is -0.490 e. The summed E-state index contributed by atoms with van der Waals surface area (Å²) in [5.74, 6) is 0.735. The molecule has 222 valence electrons. The fourth-order valence-electron chi connectivity index (χ4n) is 4.82. The van der Waals surface area contributed by atoms with E-state index >= 15 is 0 Å². The molecule has 2 heterocycles. The molecule has 43 heavy (non-hydrogen) atoms. The smallest absolute Gasteiger partial charge is 0.338 e. The Balaban J connectivity index is 1.58. The van der Waals surface area contributed by atoms with Crippen LogP contribution in [0, 0.1) is 10.5 Å². The molecule has 3 aromatic carbocycles. The summed E-state index contributed by atoms with van der Waals surface area (Å²) < 4.78 is 20.4. The number of hydrogen-bond donors (Lipinski definition) is 0. The van der Waals surface area contributed by atoms with E-state index in [1.807, 2.05) is 80.6 Å². The van der Waals surface area contributed by atoms with E-state index in [0.717, 1.165) is 25.8 Å². The van der Waals surface area contributed by atoms with E-state index in [9.17, 15) is 9.59 Å². The molecule has 1 aliphatic rings. The number of aryl methyl sites for hydroxylation is 1. The molecule has 7 nitrogen and oxygen atoms in total. The summed E-state index contributed by atoms with van der Waals surface area (Å²) in [7, 11) is 0. The number of halogens is 2. The van der Waals surface area contributed by atoms with Crippen LogP contribution in [-0.4, -0.2) is 23.8 Å². The first kappa shape index (κ1) is 31.0. The van der Waals surface area contributed by atoms with Gasteiger partial charge in [0.2, 0.25) is 0 Å². The first-order valence-electron chi connectivity index (χ1n) is 13.8. The fraction of sp³-hybridized carbons (Fsp3) is 0.242. The first-order chi connectivity index (χ1) is 20.7. The molecular weight excluding hydrogens is 699 g/mol. The number of benzene rings is 3. The van der Waals surface area contributed by atoms with Gasteiger partial charge in [-0.3, -0.25) is 9.36 Å². The fourth-order valence-corrected chi connectivity index (χ4v) is 6.77. The number of carbonyl (C=O) groups excluding carboxylic acids is 1. The molecule has 0 radical (unpaired) electrons. The van der Waals surface area contributed by atoms with Gasteiger partial charge in [-0.2, -0.15) is 0 Å². The Labute approximate surface area is 272 Å². The minimum atomic E-state index is -0.652. The summed E-state index contributed by atoms with van der Waals surface area (Å²) in [6.45, 7) is 8.47. The van der Waals surface area contributed by atoms with E-state index in [2.05, 4.69) is 27.6 Å². The van der Waals surface area contributed by atoms with Crippen LogP contribution in [0.25, 0.3) is 6.08 Å². The van der Waals surface area contributed by atoms with Crippen molar-refractivity contribution in [2.75, 3.05) is 13.2 Å². The van der Waals surface area contributed by atoms with E-state index in [-0.39, 0.29) is 12.2 Å². The molecule has 5 rings (SSSR count). The summed E-state index contributed by atoms with van der Waals surface area (Å²) in [4.78, 5) is 32.3. The highest BCUT2D eigenvalue weighted by Gasteiger charge is 2.33. The molecule has 0 spiro atoms. The average Bonchev–Trinajstić information content (AvgIpc) is 3.27. The van der Waals surface area contributed by atoms with Crippen LogP contribution in [0.3, 0.4) is 0 Å². The number of allylic oxidation sites excluding steroid dienone is 1. The first-order valence-corrected chi connectivity index (χ1v) is 16.1. The van der Waals surface area contributed by atoms with Crippen molar-refractivity contribution in [2.24, 2.45) is 4.99 Å². The highest BCUT2D eigenvalue weighted by atomic mass is 127. The average molecular weight is 729 g/mol. The van der Waals surface area contributed by atoms with Crippen LogP contribution in [0.2, 0.25) is 5.02 Å². The summed E-state index contributed by atoms with van der Waals surface area (Å²) in [5.41, 5.74) is 4.31. The monoisotopic (exact) mass is 728 g/mol. The van der Waals surface area contributed by atoms with Crippen molar-refractivity contribution in [1.29, 1.82) is 0 Å². The number of esters is 1. The van der Waals surface area contributed by atoms with Crippen molar-refractivity contribution < 1.29 is 19.0 Å². The SMILES string of the molecule is CCOC(=O)C1=C(C)N=c2s/c(=C\c3cc(I)c(OCc4ccc(Cl)cc4)c(OCC)c3)c(=O)n2[C@H]1c1ccc(C)cc1. The number of nitrogens with zero attached hydrogens (tertiary/aromatic N) is 2. The van der Waals surface area contributed by atoms with Gasteiger partial charge in [0.25, 0.3) is 5.56 Å². The quantitative estimate of drug-likeness (QED) is 0.149. The maximum atomic E-state index is 14.0. The molecule has 0 saturated carbocycles. The Kier molecular flexibility index (Phi) is 9.73. The second-order valence-corrected chi connectivity index (χ2v) is 12.5. The third-order valence-electron chi connectivity index (χ3n) is 6.84. The number of carbonyl (C=O) groups is 1. The molecule has 1 aromatic heterocycles. The zero-order valence-corrected chi connectivity index (χ0v) is 27.9. The van der Waals surface area contributed by atoms with Crippen molar-refractivity contribution in [1.82, 2.24) is 4.57 Å². The number of aromatic nitrogens is 1. The van der Waals surface area contributed by atoms with E-state index in [1.54, 1.807) is 18.4 Å². The Hall–Kier alpha value is -3.41. The molecule has 1 atom stereocenters. The topological polar surface area (TPSA) is 79.1 Å². The Bertz CT molecular complexity index is 1880. The van der Waals surface area contributed by atoms with E-state index < -0.39 is 12.0 Å². The molecule has 0 saturated heterocycles. The second-order valence-electron chi connectivity index (χ2n) is 9.89. The zero-order valence-electron chi connectivity index (χ0n) is 24.1. The van der Waals surface area contributed by atoms with Gasteiger partial charge in [-0.25, -0.2) is 9.79 Å². The van der Waals surface area contributed by atoms with Crippen molar-refractivity contribution in [2.45, 2.75) is 40.3 Å². The van der Waals surface area contributed by atoms with Crippen molar-refractivity contribution >= 4 is 57.6 Å². The number of hydrogen-bond acceptors (Lipinski definition) is 7. The normalized spacial score (nSPS) is 14.7. The van der Waals surface area contributed by atoms with Gasteiger partial charge >= 0.3 is 5.97 Å². The molecule has 4 aromatic rings. The molecule has 0 amide bonds. The van der Waals surface area contributed by atoms with Crippen LogP contribution in [0.4, 0.5) is 0 Å². The van der Waals surface area contributed by atoms with Crippen LogP contribution in [0.5, 0.6) is 11.5 Å². The van der Waals surface area contributed by atoms with Gasteiger partial charge in [-0.15, -0.1) is 0 Å². The summed E-state index contributed by atoms with van der Waals surface area (Å²) in [6.07, 6.45) is 1.83. The highest BCUT2D eigenvalue weighted by molar-refractivity contribution is 14.1. The standard InChI is InChI=1S/C33H30ClIN2O5S/c1-5-40-26-16-22(15-25(35)30(26)42-18-21-9-13-24(34)14-10-21)17-27-31(38)37-29(23-11-7-19(3)8-12-23)28(32(39)41-6-2)20(4)36-33(37)43-27/h7-17,29H,5-6,18H2,1-4H3/b27-17-/t29-/m0/s1. The van der Waals surface area contributed by atoms with Crippen LogP contribution >= 0.6 is 45.5 Å². The maximum absolute atomic E-state index is 14.0. The van der Waals surface area contributed by atoms with Crippen LogP contribution in [-0.2, 0) is 16.1 Å². The lowest BCUT2D eigenvalue weighted by molar-refractivity contribution is -0.139. The number of fused-ring (bicyclic) bond motifs is 1. The molecule has 0 fully saturated rings. The Morgan fingerprint density at radius 1 is 1.05 bits per heavy atom. The lowest BCUT2D eigenvalue weighted by Gasteiger charge is -2.24. The highest BCUT2D eigenvalue weighted by Crippen LogP contribution is 2.35. The molecule has 0 bridgehead atoms. The van der Waals surface area contributed by atoms with Crippen molar-refractivity contribution in [3.05, 3.63) is 122 Å². The largest absolute Gasteiger partial charge is 0.490 e. The zero-order chi connectivity index (χ0) is 30.7. The Morgan fingerprint density at radius 3 is 2.44 bits per heavy atom. The molecule has 10 heteroatoms. The minimum absolute atomic E-state index is 0.223. The van der Waals surface area contributed by atoms with Gasteiger partial charge in [0.1, 0.15) is 6.61 Å². The third kappa shape index (κ3) is 6.73.